The van der Waals surface area contributed by atoms with Gasteiger partial charge in [0.05, 0.1) is 0 Å². The molecule has 62 heavy (non-hydrogen) atoms. The summed E-state index contributed by atoms with van der Waals surface area (Å²) < 4.78 is 2.63. The lowest BCUT2D eigenvalue weighted by Crippen LogP contribution is -2.55. The molecule has 2 heteroatoms. The molecule has 10 aromatic rings. The third-order valence-corrected chi connectivity index (χ3v) is 17.0. The normalized spacial score (nSPS) is 21.9. The summed E-state index contributed by atoms with van der Waals surface area (Å²) in [5.41, 5.74) is 14.9. The second-order valence-corrected chi connectivity index (χ2v) is 20.0. The van der Waals surface area contributed by atoms with Gasteiger partial charge in [0, 0.05) is 42.6 Å². The Hall–Kier alpha value is -6.48. The molecule has 1 nitrogen and oxygen atoms in total. The molecule has 0 saturated heterocycles. The Morgan fingerprint density at radius 3 is 1.81 bits per heavy atom. The Labute approximate surface area is 366 Å². The van der Waals surface area contributed by atoms with E-state index in [9.17, 15) is 0 Å². The first-order valence-electron chi connectivity index (χ1n) is 22.7. The molecule has 1 spiro atoms. The molecule has 0 amide bonds. The minimum atomic E-state index is 0.180. The van der Waals surface area contributed by atoms with Crippen LogP contribution in [0.2, 0.25) is 0 Å². The van der Waals surface area contributed by atoms with Gasteiger partial charge in [0.15, 0.2) is 0 Å². The number of hydrogen-bond donors (Lipinski definition) is 0. The van der Waals surface area contributed by atoms with Crippen LogP contribution in [-0.2, 0) is 5.41 Å². The highest BCUT2D eigenvalue weighted by Crippen LogP contribution is 2.69. The SMILES string of the molecule is c1ccc(-c2ccc(N(c3ccc4c(c3)sc3ccccc34)c3ccc4c(-c5ccc6c(c5)-c5ccccc5C65C6CC7CC(C6)CC5C7)cc5ccccc5c4c3)cc2)cc1. The van der Waals surface area contributed by atoms with Crippen LogP contribution in [-0.4, -0.2) is 0 Å². The molecule has 5 aliphatic carbocycles. The maximum absolute atomic E-state index is 2.58. The summed E-state index contributed by atoms with van der Waals surface area (Å²) in [6, 6.07) is 71.4. The van der Waals surface area contributed by atoms with Gasteiger partial charge in [0.1, 0.15) is 0 Å². The first-order valence-corrected chi connectivity index (χ1v) is 23.6. The standard InChI is InChI=1S/C60H45NS/c1-2-10-39(11-3-1)40-18-21-45(22-19-40)61(47-24-26-52-51-15-7-9-17-58(51)62-59(52)36-47)46-23-25-49-53(33-41-12-4-5-13-48(41)54(49)35-46)42-20-27-57-55(34-42)50-14-6-8-16-56(50)60(57)43-29-37-28-38(31-43)32-44(60)30-37/h1-27,33-38,43-44H,28-32H2. The van der Waals surface area contributed by atoms with Crippen LogP contribution in [0, 0.1) is 23.7 Å². The van der Waals surface area contributed by atoms with E-state index in [1.807, 2.05) is 11.3 Å². The van der Waals surface area contributed by atoms with Gasteiger partial charge in [-0.2, -0.15) is 0 Å². The van der Waals surface area contributed by atoms with E-state index >= 15 is 0 Å². The van der Waals surface area contributed by atoms with Crippen molar-refractivity contribution in [2.75, 3.05) is 4.90 Å². The third-order valence-electron chi connectivity index (χ3n) is 15.8. The monoisotopic (exact) mass is 811 g/mol. The van der Waals surface area contributed by atoms with Crippen LogP contribution in [0.4, 0.5) is 17.1 Å². The lowest BCUT2D eigenvalue weighted by atomic mass is 9.43. The van der Waals surface area contributed by atoms with Crippen molar-refractivity contribution < 1.29 is 0 Å². The number of anilines is 3. The lowest BCUT2D eigenvalue weighted by Gasteiger charge is -2.61. The molecule has 4 saturated carbocycles. The summed E-state index contributed by atoms with van der Waals surface area (Å²) in [5, 5.41) is 7.77. The van der Waals surface area contributed by atoms with Crippen LogP contribution in [0.1, 0.15) is 43.2 Å². The zero-order chi connectivity index (χ0) is 40.5. The van der Waals surface area contributed by atoms with Gasteiger partial charge in [0.2, 0.25) is 0 Å². The van der Waals surface area contributed by atoms with Gasteiger partial charge >= 0.3 is 0 Å². The first kappa shape index (κ1) is 35.2. The Bertz CT molecular complexity index is 3400. The van der Waals surface area contributed by atoms with E-state index in [1.54, 1.807) is 11.1 Å². The molecule has 0 radical (unpaired) electrons. The molecule has 15 rings (SSSR count). The average Bonchev–Trinajstić information content (AvgIpc) is 3.84. The van der Waals surface area contributed by atoms with E-state index in [-0.39, 0.29) is 5.41 Å². The van der Waals surface area contributed by atoms with Crippen LogP contribution < -0.4 is 4.90 Å². The van der Waals surface area contributed by atoms with Gasteiger partial charge in [-0.1, -0.05) is 133 Å². The van der Waals surface area contributed by atoms with Crippen LogP contribution in [0.25, 0.3) is 75.1 Å². The van der Waals surface area contributed by atoms with Gasteiger partial charge in [-0.15, -0.1) is 11.3 Å². The lowest BCUT2D eigenvalue weighted by molar-refractivity contribution is -0.0399. The molecule has 9 aromatic carbocycles. The Balaban J connectivity index is 0.943. The molecular formula is C60H45NS. The van der Waals surface area contributed by atoms with E-state index in [1.165, 1.54) is 107 Å². The van der Waals surface area contributed by atoms with E-state index < -0.39 is 0 Å². The summed E-state index contributed by atoms with van der Waals surface area (Å²) in [4.78, 5) is 2.45. The largest absolute Gasteiger partial charge is 0.310 e. The van der Waals surface area contributed by atoms with Crippen LogP contribution in [0.3, 0.4) is 0 Å². The highest BCUT2D eigenvalue weighted by atomic mass is 32.1. The predicted octanol–water partition coefficient (Wildman–Crippen LogP) is 16.9. The zero-order valence-corrected chi connectivity index (χ0v) is 35.4. The van der Waals surface area contributed by atoms with Crippen molar-refractivity contribution in [1.82, 2.24) is 0 Å². The van der Waals surface area contributed by atoms with Crippen molar-refractivity contribution in [3.8, 4) is 33.4 Å². The van der Waals surface area contributed by atoms with Gasteiger partial charge in [-0.3, -0.25) is 0 Å². The van der Waals surface area contributed by atoms with Gasteiger partial charge in [0.25, 0.3) is 0 Å². The number of fused-ring (bicyclic) bond motifs is 9. The van der Waals surface area contributed by atoms with Gasteiger partial charge in [-0.25, -0.2) is 0 Å². The number of benzene rings is 9. The fourth-order valence-electron chi connectivity index (χ4n) is 13.5. The van der Waals surface area contributed by atoms with Crippen molar-refractivity contribution in [1.29, 1.82) is 0 Å². The van der Waals surface area contributed by atoms with E-state index in [0.717, 1.165) is 40.7 Å². The van der Waals surface area contributed by atoms with E-state index in [0.29, 0.717) is 0 Å². The summed E-state index contributed by atoms with van der Waals surface area (Å²) in [6.07, 6.45) is 7.12. The van der Waals surface area contributed by atoms with E-state index in [2.05, 4.69) is 193 Å². The van der Waals surface area contributed by atoms with Crippen molar-refractivity contribution in [3.05, 3.63) is 199 Å². The van der Waals surface area contributed by atoms with Crippen LogP contribution >= 0.6 is 11.3 Å². The van der Waals surface area contributed by atoms with Crippen LogP contribution in [0.15, 0.2) is 188 Å². The minimum absolute atomic E-state index is 0.180. The van der Waals surface area contributed by atoms with Gasteiger partial charge in [-0.05, 0) is 176 Å². The number of thiophene rings is 1. The molecule has 0 N–H and O–H groups in total. The highest BCUT2D eigenvalue weighted by molar-refractivity contribution is 7.25. The molecule has 0 aliphatic heterocycles. The maximum Gasteiger partial charge on any atom is 0.0476 e. The Morgan fingerprint density at radius 2 is 0.984 bits per heavy atom. The molecular weight excluding hydrogens is 767 g/mol. The topological polar surface area (TPSA) is 3.24 Å². The summed E-state index contributed by atoms with van der Waals surface area (Å²) >= 11 is 1.88. The van der Waals surface area contributed by atoms with Crippen molar-refractivity contribution >= 4 is 70.1 Å². The molecule has 0 unspecified atom stereocenters. The van der Waals surface area contributed by atoms with Crippen molar-refractivity contribution in [3.63, 3.8) is 0 Å². The van der Waals surface area contributed by atoms with Crippen LogP contribution in [0.5, 0.6) is 0 Å². The highest BCUT2D eigenvalue weighted by Gasteiger charge is 2.61. The molecule has 4 bridgehead atoms. The molecule has 296 valence electrons. The Morgan fingerprint density at radius 1 is 0.371 bits per heavy atom. The quantitative estimate of drug-likeness (QED) is 0.157. The van der Waals surface area contributed by atoms with Crippen molar-refractivity contribution in [2.45, 2.75) is 37.5 Å². The summed E-state index contributed by atoms with van der Waals surface area (Å²) in [6.45, 7) is 0. The fourth-order valence-corrected chi connectivity index (χ4v) is 14.7. The minimum Gasteiger partial charge on any atom is -0.310 e. The Kier molecular flexibility index (Phi) is 7.52. The van der Waals surface area contributed by atoms with Gasteiger partial charge < -0.3 is 4.90 Å². The molecule has 0 atom stereocenters. The first-order chi connectivity index (χ1) is 30.7. The molecule has 1 aromatic heterocycles. The molecule has 1 heterocycles. The fraction of sp³-hybridized carbons (Fsp3) is 0.167. The maximum atomic E-state index is 2.58. The second kappa shape index (κ2) is 13.3. The molecule has 4 fully saturated rings. The average molecular weight is 812 g/mol. The number of nitrogens with zero attached hydrogens (tertiary/aromatic N) is 1. The van der Waals surface area contributed by atoms with E-state index in [4.69, 9.17) is 0 Å². The summed E-state index contributed by atoms with van der Waals surface area (Å²) in [7, 11) is 0. The predicted molar refractivity (Wildman–Crippen MR) is 263 cm³/mol. The summed E-state index contributed by atoms with van der Waals surface area (Å²) in [5.74, 6) is 3.42. The molecule has 5 aliphatic rings. The number of hydrogen-bond acceptors (Lipinski definition) is 2. The second-order valence-electron chi connectivity index (χ2n) is 18.9. The van der Waals surface area contributed by atoms with Crippen molar-refractivity contribution in [2.24, 2.45) is 23.7 Å². The third kappa shape index (κ3) is 5.02. The zero-order valence-electron chi connectivity index (χ0n) is 34.6. The number of rotatable bonds is 5. The smallest absolute Gasteiger partial charge is 0.0476 e.